The third-order valence-electron chi connectivity index (χ3n) is 4.23. The fourth-order valence-electron chi connectivity index (χ4n) is 2.70. The zero-order chi connectivity index (χ0) is 24.0. The zero-order valence-corrected chi connectivity index (χ0v) is 20.2. The van der Waals surface area contributed by atoms with Gasteiger partial charge in [-0.1, -0.05) is 47.5 Å². The van der Waals surface area contributed by atoms with Gasteiger partial charge < -0.3 is 10.1 Å². The number of amides is 2. The Balaban J connectivity index is 1.70. The molecular weight excluding hydrogens is 533 g/mol. The van der Waals surface area contributed by atoms with E-state index in [1.54, 1.807) is 55.5 Å². The number of hydrazone groups is 1. The van der Waals surface area contributed by atoms with Gasteiger partial charge in [-0.3, -0.25) is 9.59 Å². The summed E-state index contributed by atoms with van der Waals surface area (Å²) in [6.07, 6.45) is 0. The molecule has 0 atom stereocenters. The Morgan fingerprint density at radius 2 is 1.48 bits per heavy atom. The van der Waals surface area contributed by atoms with Crippen LogP contribution in [-0.2, 0) is 9.59 Å². The van der Waals surface area contributed by atoms with E-state index >= 15 is 0 Å². The number of anilines is 1. The van der Waals surface area contributed by atoms with Crippen molar-refractivity contribution in [1.29, 1.82) is 0 Å². The molecule has 168 valence electrons. The monoisotopic (exact) mass is 547 g/mol. The first-order chi connectivity index (χ1) is 15.7. The number of hydrogen-bond donors (Lipinski definition) is 2. The molecule has 3 aromatic carbocycles. The van der Waals surface area contributed by atoms with Crippen LogP contribution in [0.3, 0.4) is 0 Å². The van der Waals surface area contributed by atoms with Crippen LogP contribution >= 0.6 is 39.1 Å². The van der Waals surface area contributed by atoms with Crippen molar-refractivity contribution < 1.29 is 19.1 Å². The minimum Gasteiger partial charge on any atom is -0.422 e. The first-order valence-electron chi connectivity index (χ1n) is 9.42. The lowest BCUT2D eigenvalue weighted by Crippen LogP contribution is -2.33. The number of benzene rings is 3. The summed E-state index contributed by atoms with van der Waals surface area (Å²) in [5.41, 5.74) is 3.57. The molecule has 33 heavy (non-hydrogen) atoms. The van der Waals surface area contributed by atoms with Crippen LogP contribution in [-0.4, -0.2) is 23.5 Å². The molecule has 0 aliphatic carbocycles. The second-order valence-electron chi connectivity index (χ2n) is 6.62. The van der Waals surface area contributed by atoms with Crippen molar-refractivity contribution in [3.8, 4) is 5.75 Å². The summed E-state index contributed by atoms with van der Waals surface area (Å²) >= 11 is 15.1. The predicted octanol–water partition coefficient (Wildman–Crippen LogP) is 5.45. The zero-order valence-electron chi connectivity index (χ0n) is 17.1. The smallest absolute Gasteiger partial charge is 0.344 e. The number of nitrogens with zero attached hydrogens (tertiary/aromatic N) is 1. The highest BCUT2D eigenvalue weighted by Gasteiger charge is 2.17. The van der Waals surface area contributed by atoms with Gasteiger partial charge in [-0.25, -0.2) is 10.2 Å². The molecular formula is C23H16BrCl2N3O4. The molecule has 0 radical (unpaired) electrons. The first-order valence-corrected chi connectivity index (χ1v) is 11.0. The third-order valence-corrected chi connectivity index (χ3v) is 5.35. The van der Waals surface area contributed by atoms with Crippen molar-refractivity contribution in [2.45, 2.75) is 6.92 Å². The maximum atomic E-state index is 12.6. The van der Waals surface area contributed by atoms with Crippen LogP contribution in [0.25, 0.3) is 0 Å². The molecule has 0 aromatic heterocycles. The number of halogens is 3. The van der Waals surface area contributed by atoms with Gasteiger partial charge in [-0.15, -0.1) is 0 Å². The van der Waals surface area contributed by atoms with E-state index in [1.807, 2.05) is 0 Å². The summed E-state index contributed by atoms with van der Waals surface area (Å²) in [7, 11) is 0. The second kappa shape index (κ2) is 11.1. The number of carbonyl (C=O) groups excluding carboxylic acids is 3. The minimum atomic E-state index is -1.01. The standard InChI is InChI=1S/C23H16BrCl2N3O4/c1-13(28-29-22(31)21(30)27-16-11-14(25)10-15(26)12-16)17-6-3-5-9-20(17)33-23(32)18-7-2-4-8-19(18)24/h2-12H,1H3,(H,27,30)(H,29,31)/b28-13+. The lowest BCUT2D eigenvalue weighted by atomic mass is 10.1. The molecule has 0 fully saturated rings. The molecule has 0 saturated heterocycles. The van der Waals surface area contributed by atoms with Crippen LogP contribution < -0.4 is 15.5 Å². The highest BCUT2D eigenvalue weighted by atomic mass is 79.9. The fraction of sp³-hybridized carbons (Fsp3) is 0.0435. The molecule has 0 heterocycles. The molecule has 3 rings (SSSR count). The van der Waals surface area contributed by atoms with Crippen molar-refractivity contribution in [3.05, 3.63) is 92.4 Å². The van der Waals surface area contributed by atoms with Gasteiger partial charge >= 0.3 is 17.8 Å². The third kappa shape index (κ3) is 6.64. The maximum absolute atomic E-state index is 12.6. The van der Waals surface area contributed by atoms with Gasteiger partial charge in [0.2, 0.25) is 0 Å². The maximum Gasteiger partial charge on any atom is 0.344 e. The molecule has 0 saturated carbocycles. The van der Waals surface area contributed by atoms with Crippen LogP contribution in [0.15, 0.2) is 76.3 Å². The molecule has 3 aromatic rings. The predicted molar refractivity (Wildman–Crippen MR) is 131 cm³/mol. The largest absolute Gasteiger partial charge is 0.422 e. The number of carbonyl (C=O) groups is 3. The quantitative estimate of drug-likeness (QED) is 0.145. The summed E-state index contributed by atoms with van der Waals surface area (Å²) in [6.45, 7) is 1.60. The van der Waals surface area contributed by atoms with Gasteiger partial charge in [0.05, 0.1) is 11.3 Å². The molecule has 0 aliphatic rings. The van der Waals surface area contributed by atoms with Crippen LogP contribution in [0, 0.1) is 0 Å². The van der Waals surface area contributed by atoms with Crippen molar-refractivity contribution in [1.82, 2.24) is 5.43 Å². The van der Waals surface area contributed by atoms with E-state index in [4.69, 9.17) is 27.9 Å². The molecule has 10 heteroatoms. The van der Waals surface area contributed by atoms with Crippen LogP contribution in [0.1, 0.15) is 22.8 Å². The van der Waals surface area contributed by atoms with Gasteiger partial charge in [0.25, 0.3) is 0 Å². The Hall–Kier alpha value is -3.20. The lowest BCUT2D eigenvalue weighted by Gasteiger charge is -2.11. The number of ether oxygens (including phenoxy) is 1. The highest BCUT2D eigenvalue weighted by Crippen LogP contribution is 2.24. The average molecular weight is 549 g/mol. The van der Waals surface area contributed by atoms with Gasteiger partial charge in [0.15, 0.2) is 0 Å². The van der Waals surface area contributed by atoms with Crippen molar-refractivity contribution >= 4 is 68.3 Å². The molecule has 0 aliphatic heterocycles. The number of nitrogens with one attached hydrogen (secondary N) is 2. The Morgan fingerprint density at radius 1 is 0.879 bits per heavy atom. The van der Waals surface area contributed by atoms with Crippen molar-refractivity contribution in [2.24, 2.45) is 5.10 Å². The molecule has 0 unspecified atom stereocenters. The van der Waals surface area contributed by atoms with Crippen molar-refractivity contribution in [3.63, 3.8) is 0 Å². The van der Waals surface area contributed by atoms with E-state index in [2.05, 4.69) is 31.8 Å². The van der Waals surface area contributed by atoms with E-state index in [-0.39, 0.29) is 11.4 Å². The van der Waals surface area contributed by atoms with Crippen molar-refractivity contribution in [2.75, 3.05) is 5.32 Å². The first kappa shape index (κ1) is 24.4. The topological polar surface area (TPSA) is 96.9 Å². The summed E-state index contributed by atoms with van der Waals surface area (Å²) in [6, 6.07) is 17.9. The second-order valence-corrected chi connectivity index (χ2v) is 8.34. The fourth-order valence-corrected chi connectivity index (χ4v) is 3.67. The highest BCUT2D eigenvalue weighted by molar-refractivity contribution is 9.10. The molecule has 2 N–H and O–H groups in total. The summed E-state index contributed by atoms with van der Waals surface area (Å²) in [4.78, 5) is 36.8. The molecule has 2 amide bonds. The minimum absolute atomic E-state index is 0.242. The lowest BCUT2D eigenvalue weighted by molar-refractivity contribution is -0.136. The Labute approximate surface area is 207 Å². The number of hydrogen-bond acceptors (Lipinski definition) is 5. The number of esters is 1. The summed E-state index contributed by atoms with van der Waals surface area (Å²) < 4.78 is 6.12. The van der Waals surface area contributed by atoms with Gasteiger partial charge in [0.1, 0.15) is 5.75 Å². The van der Waals surface area contributed by atoms with E-state index in [9.17, 15) is 14.4 Å². The Morgan fingerprint density at radius 3 is 2.15 bits per heavy atom. The van der Waals surface area contributed by atoms with E-state index in [0.717, 1.165) is 0 Å². The van der Waals surface area contributed by atoms with Crippen LogP contribution in [0.2, 0.25) is 10.0 Å². The average Bonchev–Trinajstić information content (AvgIpc) is 2.77. The number of rotatable bonds is 5. The molecule has 0 bridgehead atoms. The van der Waals surface area contributed by atoms with E-state index in [0.29, 0.717) is 31.4 Å². The van der Waals surface area contributed by atoms with Crippen LogP contribution in [0.5, 0.6) is 5.75 Å². The van der Waals surface area contributed by atoms with Gasteiger partial charge in [-0.2, -0.15) is 5.10 Å². The molecule has 7 nitrogen and oxygen atoms in total. The number of para-hydroxylation sites is 1. The van der Waals surface area contributed by atoms with Gasteiger partial charge in [-0.05, 0) is 65.3 Å². The van der Waals surface area contributed by atoms with E-state index in [1.165, 1.54) is 18.2 Å². The Kier molecular flexibility index (Phi) is 8.21. The summed E-state index contributed by atoms with van der Waals surface area (Å²) in [5, 5.41) is 6.95. The molecule has 0 spiro atoms. The van der Waals surface area contributed by atoms with Crippen LogP contribution in [0.4, 0.5) is 5.69 Å². The Bertz CT molecular complexity index is 1240. The summed E-state index contributed by atoms with van der Waals surface area (Å²) in [5.74, 6) is -2.29. The normalized spacial score (nSPS) is 11.0. The van der Waals surface area contributed by atoms with E-state index < -0.39 is 17.8 Å². The SMILES string of the molecule is C/C(=N\NC(=O)C(=O)Nc1cc(Cl)cc(Cl)c1)c1ccccc1OC(=O)c1ccccc1Br. The van der Waals surface area contributed by atoms with Gasteiger partial charge in [0, 0.05) is 25.8 Å².